The molecule has 2 rings (SSSR count). The topological polar surface area (TPSA) is 50.3 Å². The molecule has 5 nitrogen and oxygen atoms in total. The second-order valence-electron chi connectivity index (χ2n) is 5.68. The van der Waals surface area contributed by atoms with Gasteiger partial charge in [0.05, 0.1) is 12.6 Å². The fraction of sp³-hybridized carbons (Fsp3) is 0.733. The average molecular weight is 278 g/mol. The van der Waals surface area contributed by atoms with Gasteiger partial charge in [0.1, 0.15) is 17.5 Å². The normalized spacial score (nSPS) is 18.6. The zero-order valence-corrected chi connectivity index (χ0v) is 13.0. The zero-order valence-electron chi connectivity index (χ0n) is 13.0. The fourth-order valence-electron chi connectivity index (χ4n) is 2.25. The zero-order chi connectivity index (χ0) is 14.5. The molecule has 1 aliphatic heterocycles. The Kier molecular flexibility index (Phi) is 5.17. The standard InChI is InChI=1S/C15H26N4O/c1-5-7-16-13-9-14(18-15(17-13)11(2)3)19(4)12-6-8-20-10-12/h9,11-12H,5-8,10H2,1-4H3,(H,16,17,18). The van der Waals surface area contributed by atoms with Crippen LogP contribution >= 0.6 is 0 Å². The predicted molar refractivity (Wildman–Crippen MR) is 82.5 cm³/mol. The summed E-state index contributed by atoms with van der Waals surface area (Å²) in [5.74, 6) is 3.13. The van der Waals surface area contributed by atoms with Crippen LogP contribution in [0.1, 0.15) is 45.4 Å². The Balaban J connectivity index is 2.23. The first-order chi connectivity index (χ1) is 9.61. The molecule has 1 aliphatic rings. The quantitative estimate of drug-likeness (QED) is 0.867. The first kappa shape index (κ1) is 15.0. The summed E-state index contributed by atoms with van der Waals surface area (Å²) in [4.78, 5) is 11.5. The van der Waals surface area contributed by atoms with E-state index in [1.165, 1.54) is 0 Å². The van der Waals surface area contributed by atoms with E-state index in [-0.39, 0.29) is 0 Å². The molecule has 1 saturated heterocycles. The Morgan fingerprint density at radius 2 is 2.25 bits per heavy atom. The Morgan fingerprint density at radius 1 is 1.45 bits per heavy atom. The van der Waals surface area contributed by atoms with Gasteiger partial charge >= 0.3 is 0 Å². The van der Waals surface area contributed by atoms with Gasteiger partial charge in [-0.2, -0.15) is 0 Å². The number of anilines is 2. The van der Waals surface area contributed by atoms with Crippen LogP contribution in [0.3, 0.4) is 0 Å². The van der Waals surface area contributed by atoms with E-state index in [1.807, 2.05) is 6.07 Å². The van der Waals surface area contributed by atoms with Gasteiger partial charge in [0.15, 0.2) is 0 Å². The van der Waals surface area contributed by atoms with E-state index in [2.05, 4.69) is 43.0 Å². The third kappa shape index (κ3) is 3.60. The van der Waals surface area contributed by atoms with E-state index in [4.69, 9.17) is 9.72 Å². The maximum atomic E-state index is 5.47. The number of likely N-dealkylation sites (N-methyl/N-ethyl adjacent to an activating group) is 1. The van der Waals surface area contributed by atoms with Crippen LogP contribution in [0.25, 0.3) is 0 Å². The van der Waals surface area contributed by atoms with Crippen molar-refractivity contribution in [1.29, 1.82) is 0 Å². The molecule has 0 saturated carbocycles. The number of aromatic nitrogens is 2. The second-order valence-corrected chi connectivity index (χ2v) is 5.68. The molecular weight excluding hydrogens is 252 g/mol. The number of hydrogen-bond acceptors (Lipinski definition) is 5. The Labute approximate surface area is 121 Å². The first-order valence-corrected chi connectivity index (χ1v) is 7.55. The van der Waals surface area contributed by atoms with Crippen LogP contribution in [0.2, 0.25) is 0 Å². The lowest BCUT2D eigenvalue weighted by Gasteiger charge is -2.25. The van der Waals surface area contributed by atoms with Gasteiger partial charge in [-0.3, -0.25) is 0 Å². The van der Waals surface area contributed by atoms with Gasteiger partial charge in [0.2, 0.25) is 0 Å². The minimum Gasteiger partial charge on any atom is -0.379 e. The highest BCUT2D eigenvalue weighted by Crippen LogP contribution is 2.23. The molecule has 1 aromatic rings. The summed E-state index contributed by atoms with van der Waals surface area (Å²) >= 11 is 0. The van der Waals surface area contributed by atoms with Crippen molar-refractivity contribution >= 4 is 11.6 Å². The van der Waals surface area contributed by atoms with Crippen molar-refractivity contribution in [3.05, 3.63) is 11.9 Å². The van der Waals surface area contributed by atoms with Crippen molar-refractivity contribution in [3.8, 4) is 0 Å². The molecule has 0 amide bonds. The molecule has 1 unspecified atom stereocenters. The Morgan fingerprint density at radius 3 is 2.85 bits per heavy atom. The average Bonchev–Trinajstić information content (AvgIpc) is 2.98. The van der Waals surface area contributed by atoms with E-state index in [0.29, 0.717) is 12.0 Å². The Bertz CT molecular complexity index is 430. The van der Waals surface area contributed by atoms with E-state index < -0.39 is 0 Å². The molecule has 0 bridgehead atoms. The summed E-state index contributed by atoms with van der Waals surface area (Å²) in [7, 11) is 2.09. The SMILES string of the molecule is CCCNc1cc(N(C)C2CCOC2)nc(C(C)C)n1. The number of hydrogen-bond donors (Lipinski definition) is 1. The summed E-state index contributed by atoms with van der Waals surface area (Å²) in [6.07, 6.45) is 2.15. The molecule has 1 aromatic heterocycles. The molecule has 0 radical (unpaired) electrons. The highest BCUT2D eigenvalue weighted by Gasteiger charge is 2.22. The first-order valence-electron chi connectivity index (χ1n) is 7.55. The van der Waals surface area contributed by atoms with Gasteiger partial charge in [0.25, 0.3) is 0 Å². The van der Waals surface area contributed by atoms with Crippen molar-refractivity contribution in [3.63, 3.8) is 0 Å². The molecule has 0 aromatic carbocycles. The summed E-state index contributed by atoms with van der Waals surface area (Å²) in [5.41, 5.74) is 0. The maximum absolute atomic E-state index is 5.47. The van der Waals surface area contributed by atoms with Crippen LogP contribution in [0.5, 0.6) is 0 Å². The highest BCUT2D eigenvalue weighted by molar-refractivity contribution is 5.50. The summed E-state index contributed by atoms with van der Waals surface area (Å²) in [6.45, 7) is 8.97. The highest BCUT2D eigenvalue weighted by atomic mass is 16.5. The molecule has 0 aliphatic carbocycles. The van der Waals surface area contributed by atoms with Crippen LogP contribution in [-0.2, 0) is 4.74 Å². The van der Waals surface area contributed by atoms with E-state index in [1.54, 1.807) is 0 Å². The minimum absolute atomic E-state index is 0.324. The van der Waals surface area contributed by atoms with Crippen LogP contribution in [0.15, 0.2) is 6.07 Å². The van der Waals surface area contributed by atoms with Crippen LogP contribution in [-0.4, -0.2) is 42.8 Å². The lowest BCUT2D eigenvalue weighted by atomic mass is 10.2. The van der Waals surface area contributed by atoms with Gasteiger partial charge < -0.3 is 15.0 Å². The molecule has 0 spiro atoms. The van der Waals surface area contributed by atoms with Gasteiger partial charge in [-0.15, -0.1) is 0 Å². The van der Waals surface area contributed by atoms with E-state index in [0.717, 1.165) is 50.1 Å². The number of ether oxygens (including phenoxy) is 1. The van der Waals surface area contributed by atoms with Crippen molar-refractivity contribution in [2.75, 3.05) is 37.0 Å². The van der Waals surface area contributed by atoms with Gasteiger partial charge in [-0.05, 0) is 12.8 Å². The van der Waals surface area contributed by atoms with E-state index >= 15 is 0 Å². The molecule has 5 heteroatoms. The molecule has 112 valence electrons. The second kappa shape index (κ2) is 6.88. The molecule has 1 N–H and O–H groups in total. The predicted octanol–water partition coefficient (Wildman–Crippen LogP) is 2.65. The molecular formula is C15H26N4O. The fourth-order valence-corrected chi connectivity index (χ4v) is 2.25. The van der Waals surface area contributed by atoms with Crippen LogP contribution in [0, 0.1) is 0 Å². The lowest BCUT2D eigenvalue weighted by molar-refractivity contribution is 0.193. The van der Waals surface area contributed by atoms with Gasteiger partial charge in [0, 0.05) is 32.2 Å². The summed E-state index contributed by atoms with van der Waals surface area (Å²) in [5, 5.41) is 3.37. The molecule has 20 heavy (non-hydrogen) atoms. The van der Waals surface area contributed by atoms with Crippen LogP contribution in [0.4, 0.5) is 11.6 Å². The number of nitrogens with one attached hydrogen (secondary N) is 1. The maximum Gasteiger partial charge on any atom is 0.135 e. The Hall–Kier alpha value is -1.36. The lowest BCUT2D eigenvalue weighted by Crippen LogP contribution is -2.32. The molecule has 2 heterocycles. The van der Waals surface area contributed by atoms with Crippen molar-refractivity contribution in [2.24, 2.45) is 0 Å². The molecule has 1 fully saturated rings. The van der Waals surface area contributed by atoms with Gasteiger partial charge in [-0.25, -0.2) is 9.97 Å². The monoisotopic (exact) mass is 278 g/mol. The summed E-state index contributed by atoms with van der Waals surface area (Å²) in [6, 6.07) is 2.46. The van der Waals surface area contributed by atoms with E-state index in [9.17, 15) is 0 Å². The van der Waals surface area contributed by atoms with Crippen molar-refractivity contribution in [1.82, 2.24) is 9.97 Å². The third-order valence-electron chi connectivity index (χ3n) is 3.62. The largest absolute Gasteiger partial charge is 0.379 e. The number of nitrogens with zero attached hydrogens (tertiary/aromatic N) is 3. The third-order valence-corrected chi connectivity index (χ3v) is 3.62. The summed E-state index contributed by atoms with van der Waals surface area (Å²) < 4.78 is 5.47. The van der Waals surface area contributed by atoms with Crippen molar-refractivity contribution in [2.45, 2.75) is 45.6 Å². The van der Waals surface area contributed by atoms with Crippen molar-refractivity contribution < 1.29 is 4.74 Å². The number of rotatable bonds is 6. The minimum atomic E-state index is 0.324. The molecule has 1 atom stereocenters. The van der Waals surface area contributed by atoms with Crippen LogP contribution < -0.4 is 10.2 Å². The smallest absolute Gasteiger partial charge is 0.135 e. The van der Waals surface area contributed by atoms with Gasteiger partial charge in [-0.1, -0.05) is 20.8 Å².